The van der Waals surface area contributed by atoms with Gasteiger partial charge in [0.05, 0.1) is 15.8 Å². The second-order valence-electron chi connectivity index (χ2n) is 6.19. The molecule has 5 rings (SSSR count). The maximum absolute atomic E-state index is 12.9. The number of rotatable bonds is 4. The Bertz CT molecular complexity index is 1540. The van der Waals surface area contributed by atoms with Crippen LogP contribution < -0.4 is 10.3 Å². The van der Waals surface area contributed by atoms with Crippen LogP contribution in [-0.4, -0.2) is 42.5 Å². The van der Waals surface area contributed by atoms with Crippen molar-refractivity contribution in [3.05, 3.63) is 77.9 Å². The molecule has 0 unspecified atom stereocenters. The van der Waals surface area contributed by atoms with Crippen LogP contribution in [0.5, 0.6) is 0 Å². The summed E-state index contributed by atoms with van der Waals surface area (Å²) in [5, 5.41) is 4.43. The van der Waals surface area contributed by atoms with E-state index in [0.29, 0.717) is 22.4 Å². The monoisotopic (exact) mass is 420 g/mol. The molecule has 0 aliphatic heterocycles. The molecule has 148 valence electrons. The van der Waals surface area contributed by atoms with Crippen molar-refractivity contribution in [2.24, 2.45) is 0 Å². The van der Waals surface area contributed by atoms with E-state index in [0.717, 1.165) is 0 Å². The molecule has 0 saturated heterocycles. The average Bonchev–Trinajstić information content (AvgIpc) is 3.24. The third kappa shape index (κ3) is 2.95. The molecule has 0 amide bonds. The van der Waals surface area contributed by atoms with Crippen molar-refractivity contribution in [1.29, 1.82) is 0 Å². The van der Waals surface area contributed by atoms with Gasteiger partial charge in [-0.2, -0.15) is 14.6 Å². The van der Waals surface area contributed by atoms with Crippen molar-refractivity contribution >= 4 is 32.7 Å². The maximum Gasteiger partial charge on any atom is 0.266 e. The first-order chi connectivity index (χ1) is 14.5. The van der Waals surface area contributed by atoms with Crippen molar-refractivity contribution in [2.45, 2.75) is 4.90 Å². The normalized spacial score (nSPS) is 11.7. The minimum Gasteiger partial charge on any atom is -0.284 e. The lowest BCUT2D eigenvalue weighted by Crippen LogP contribution is -2.19. The van der Waals surface area contributed by atoms with Gasteiger partial charge >= 0.3 is 0 Å². The van der Waals surface area contributed by atoms with Gasteiger partial charge in [-0.05, 0) is 36.4 Å². The fraction of sp³-hybridized carbons (Fsp3) is 0. The van der Waals surface area contributed by atoms with Gasteiger partial charge in [-0.25, -0.2) is 28.1 Å². The topological polar surface area (TPSA) is 137 Å². The fourth-order valence-electron chi connectivity index (χ4n) is 2.98. The van der Waals surface area contributed by atoms with Crippen LogP contribution in [0.4, 0.5) is 5.95 Å². The molecule has 0 atom stereocenters. The highest BCUT2D eigenvalue weighted by molar-refractivity contribution is 7.92. The van der Waals surface area contributed by atoms with E-state index in [1.54, 1.807) is 18.3 Å². The Kier molecular flexibility index (Phi) is 3.99. The Hall–Kier alpha value is -4.19. The number of nitrogens with zero attached hydrogens (tertiary/aromatic N) is 7. The molecule has 0 radical (unpaired) electrons. The Balaban J connectivity index is 1.52. The van der Waals surface area contributed by atoms with E-state index in [1.807, 2.05) is 0 Å². The predicted octanol–water partition coefficient (Wildman–Crippen LogP) is 1.02. The van der Waals surface area contributed by atoms with Crippen LogP contribution >= 0.6 is 0 Å². The van der Waals surface area contributed by atoms with Gasteiger partial charge in [-0.15, -0.1) is 0 Å². The van der Waals surface area contributed by atoms with Crippen LogP contribution in [0.25, 0.3) is 22.4 Å². The molecule has 0 bridgehead atoms. The third-order valence-corrected chi connectivity index (χ3v) is 5.73. The number of hydrogen-bond acceptors (Lipinski definition) is 8. The fourth-order valence-corrected chi connectivity index (χ4v) is 3.94. The minimum atomic E-state index is -3.87. The zero-order chi connectivity index (χ0) is 20.7. The van der Waals surface area contributed by atoms with Crippen LogP contribution in [0.2, 0.25) is 0 Å². The summed E-state index contributed by atoms with van der Waals surface area (Å²) in [4.78, 5) is 28.8. The number of sulfonamides is 1. The van der Waals surface area contributed by atoms with E-state index >= 15 is 0 Å². The van der Waals surface area contributed by atoms with Gasteiger partial charge in [0.1, 0.15) is 6.33 Å². The van der Waals surface area contributed by atoms with Crippen LogP contribution in [0.1, 0.15) is 0 Å². The Morgan fingerprint density at radius 3 is 2.47 bits per heavy atom. The van der Waals surface area contributed by atoms with Crippen LogP contribution in [0.3, 0.4) is 0 Å². The lowest BCUT2D eigenvalue weighted by molar-refractivity contribution is 0.601. The maximum atomic E-state index is 12.9. The van der Waals surface area contributed by atoms with Gasteiger partial charge < -0.3 is 0 Å². The molecule has 5 aromatic rings. The summed E-state index contributed by atoms with van der Waals surface area (Å²) in [5.74, 6) is 0.364. The van der Waals surface area contributed by atoms with E-state index in [2.05, 4.69) is 29.8 Å². The summed E-state index contributed by atoms with van der Waals surface area (Å²) in [6.07, 6.45) is 7.26. The summed E-state index contributed by atoms with van der Waals surface area (Å²) in [6.45, 7) is 0. The van der Waals surface area contributed by atoms with E-state index in [4.69, 9.17) is 0 Å². The molecule has 0 aliphatic rings. The first-order valence-corrected chi connectivity index (χ1v) is 10.1. The van der Waals surface area contributed by atoms with Gasteiger partial charge in [0.25, 0.3) is 21.4 Å². The van der Waals surface area contributed by atoms with Gasteiger partial charge in [-0.1, -0.05) is 0 Å². The second kappa shape index (κ2) is 6.70. The molecule has 0 saturated carbocycles. The number of hydrogen-bond donors (Lipinski definition) is 1. The molecule has 12 heteroatoms. The molecular weight excluding hydrogens is 408 g/mol. The van der Waals surface area contributed by atoms with E-state index < -0.39 is 10.0 Å². The molecule has 0 spiro atoms. The van der Waals surface area contributed by atoms with Crippen molar-refractivity contribution in [3.63, 3.8) is 0 Å². The SMILES string of the molecule is O=c1c2cnc3ncnn3c2ccn1-c1ccc(S(=O)(=O)Nc2ncccn2)cc1. The minimum absolute atomic E-state index is 0.0125. The molecule has 30 heavy (non-hydrogen) atoms. The third-order valence-electron chi connectivity index (χ3n) is 4.39. The predicted molar refractivity (Wildman–Crippen MR) is 107 cm³/mol. The summed E-state index contributed by atoms with van der Waals surface area (Å²) in [6, 6.07) is 9.17. The van der Waals surface area contributed by atoms with Gasteiger partial charge in [0.15, 0.2) is 0 Å². The first-order valence-electron chi connectivity index (χ1n) is 8.63. The van der Waals surface area contributed by atoms with Gasteiger partial charge in [0, 0.05) is 30.5 Å². The highest BCUT2D eigenvalue weighted by atomic mass is 32.2. The van der Waals surface area contributed by atoms with Crippen molar-refractivity contribution < 1.29 is 8.42 Å². The Labute approximate surface area is 168 Å². The summed E-state index contributed by atoms with van der Waals surface area (Å²) in [5.41, 5.74) is 0.754. The number of nitrogens with one attached hydrogen (secondary N) is 1. The van der Waals surface area contributed by atoms with Gasteiger partial charge in [-0.3, -0.25) is 9.36 Å². The molecular formula is C18H12N8O3S. The zero-order valence-electron chi connectivity index (χ0n) is 15.1. The molecule has 1 aromatic carbocycles. The number of aromatic nitrogens is 7. The summed E-state index contributed by atoms with van der Waals surface area (Å²) < 4.78 is 30.2. The van der Waals surface area contributed by atoms with Crippen molar-refractivity contribution in [1.82, 2.24) is 34.1 Å². The highest BCUT2D eigenvalue weighted by Crippen LogP contribution is 2.17. The molecule has 4 heterocycles. The number of benzene rings is 1. The highest BCUT2D eigenvalue weighted by Gasteiger charge is 2.16. The second-order valence-corrected chi connectivity index (χ2v) is 7.87. The Morgan fingerprint density at radius 2 is 1.70 bits per heavy atom. The smallest absolute Gasteiger partial charge is 0.266 e. The van der Waals surface area contributed by atoms with Crippen molar-refractivity contribution in [2.75, 3.05) is 4.72 Å². The molecule has 0 fully saturated rings. The summed E-state index contributed by atoms with van der Waals surface area (Å²) in [7, 11) is -3.87. The molecule has 11 nitrogen and oxygen atoms in total. The van der Waals surface area contributed by atoms with E-state index in [-0.39, 0.29) is 16.4 Å². The number of anilines is 1. The summed E-state index contributed by atoms with van der Waals surface area (Å²) >= 11 is 0. The quantitative estimate of drug-likeness (QED) is 0.455. The van der Waals surface area contributed by atoms with Crippen LogP contribution in [0.15, 0.2) is 77.2 Å². The van der Waals surface area contributed by atoms with Gasteiger partial charge in [0.2, 0.25) is 5.95 Å². The zero-order valence-corrected chi connectivity index (χ0v) is 15.9. The van der Waals surface area contributed by atoms with Crippen molar-refractivity contribution in [3.8, 4) is 5.69 Å². The Morgan fingerprint density at radius 1 is 0.933 bits per heavy atom. The van der Waals surface area contributed by atoms with Crippen LogP contribution in [0, 0.1) is 0 Å². The number of pyridine rings is 1. The first kappa shape index (κ1) is 17.9. The molecule has 4 aromatic heterocycles. The molecule has 0 aliphatic carbocycles. The van der Waals surface area contributed by atoms with E-state index in [1.165, 1.54) is 58.3 Å². The lowest BCUT2D eigenvalue weighted by Gasteiger charge is -2.10. The van der Waals surface area contributed by atoms with E-state index in [9.17, 15) is 13.2 Å². The number of fused-ring (bicyclic) bond motifs is 3. The van der Waals surface area contributed by atoms with Crippen LogP contribution in [-0.2, 0) is 10.0 Å². The average molecular weight is 420 g/mol. The largest absolute Gasteiger partial charge is 0.284 e. The lowest BCUT2D eigenvalue weighted by atomic mass is 10.2. The molecule has 1 N–H and O–H groups in total. The standard InChI is InChI=1S/C18H12N8O3S/c27-16-14-10-21-18-22-11-23-26(18)15(14)6-9-25(16)12-2-4-13(5-3-12)30(28,29)24-17-19-7-1-8-20-17/h1-11H,(H,19,20,24).